The van der Waals surface area contributed by atoms with Crippen LogP contribution in [0, 0.1) is 11.8 Å². The summed E-state index contributed by atoms with van der Waals surface area (Å²) < 4.78 is 0. The first-order valence-electron chi connectivity index (χ1n) is 8.22. The van der Waals surface area contributed by atoms with Crippen LogP contribution in [0.15, 0.2) is 24.3 Å². The first-order valence-corrected chi connectivity index (χ1v) is 8.22. The zero-order valence-corrected chi connectivity index (χ0v) is 13.0. The lowest BCUT2D eigenvalue weighted by Crippen LogP contribution is -2.26. The standard InChI is InChI=1S/C18H27NO2/c1-2-3-14-4-6-15(7-5-14)12-19-13-16-8-10-17(11-9-16)18(20)21/h8-11,14-15,19H,2-7,12-13H2,1H3,(H,20,21). The molecule has 0 bridgehead atoms. The van der Waals surface area contributed by atoms with Gasteiger partial charge in [-0.15, -0.1) is 0 Å². The number of carboxylic acid groups (broad SMARTS) is 1. The van der Waals surface area contributed by atoms with E-state index in [9.17, 15) is 4.79 Å². The van der Waals surface area contributed by atoms with Gasteiger partial charge in [0.2, 0.25) is 0 Å². The summed E-state index contributed by atoms with van der Waals surface area (Å²) in [7, 11) is 0. The van der Waals surface area contributed by atoms with Crippen molar-refractivity contribution in [3.63, 3.8) is 0 Å². The molecule has 0 heterocycles. The van der Waals surface area contributed by atoms with Gasteiger partial charge in [-0.3, -0.25) is 0 Å². The molecule has 0 radical (unpaired) electrons. The van der Waals surface area contributed by atoms with Crippen LogP contribution in [-0.4, -0.2) is 17.6 Å². The Morgan fingerprint density at radius 2 is 1.76 bits per heavy atom. The van der Waals surface area contributed by atoms with Crippen LogP contribution in [-0.2, 0) is 6.54 Å². The van der Waals surface area contributed by atoms with Gasteiger partial charge in [0.1, 0.15) is 0 Å². The number of aromatic carboxylic acids is 1. The highest BCUT2D eigenvalue weighted by Crippen LogP contribution is 2.31. The predicted octanol–water partition coefficient (Wildman–Crippen LogP) is 4.08. The van der Waals surface area contributed by atoms with Crippen molar-refractivity contribution in [2.75, 3.05) is 6.54 Å². The minimum absolute atomic E-state index is 0.355. The van der Waals surface area contributed by atoms with E-state index >= 15 is 0 Å². The summed E-state index contributed by atoms with van der Waals surface area (Å²) in [5.74, 6) is 0.921. The Morgan fingerprint density at radius 3 is 2.33 bits per heavy atom. The third-order valence-corrected chi connectivity index (χ3v) is 4.63. The Bertz CT molecular complexity index is 433. The topological polar surface area (TPSA) is 49.3 Å². The molecule has 2 N–H and O–H groups in total. The third kappa shape index (κ3) is 5.16. The number of nitrogens with one attached hydrogen (secondary N) is 1. The SMILES string of the molecule is CCCC1CCC(CNCc2ccc(C(=O)O)cc2)CC1. The first-order chi connectivity index (χ1) is 10.2. The fourth-order valence-electron chi connectivity index (χ4n) is 3.32. The van der Waals surface area contributed by atoms with E-state index in [4.69, 9.17) is 5.11 Å². The van der Waals surface area contributed by atoms with Crippen molar-refractivity contribution < 1.29 is 9.90 Å². The average Bonchev–Trinajstić information content (AvgIpc) is 2.50. The maximum Gasteiger partial charge on any atom is 0.335 e. The van der Waals surface area contributed by atoms with Gasteiger partial charge in [0, 0.05) is 6.54 Å². The van der Waals surface area contributed by atoms with Crippen LogP contribution in [0.3, 0.4) is 0 Å². The van der Waals surface area contributed by atoms with E-state index in [2.05, 4.69) is 12.2 Å². The molecule has 1 aromatic carbocycles. The molecule has 1 saturated carbocycles. The molecular weight excluding hydrogens is 262 g/mol. The quantitative estimate of drug-likeness (QED) is 0.795. The van der Waals surface area contributed by atoms with Crippen LogP contribution >= 0.6 is 0 Å². The van der Waals surface area contributed by atoms with Crippen molar-refractivity contribution >= 4 is 5.97 Å². The summed E-state index contributed by atoms with van der Waals surface area (Å²) in [5.41, 5.74) is 1.51. The lowest BCUT2D eigenvalue weighted by molar-refractivity contribution is 0.0697. The van der Waals surface area contributed by atoms with Gasteiger partial charge in [0.05, 0.1) is 5.56 Å². The number of carboxylic acids is 1. The first kappa shape index (κ1) is 16.0. The normalized spacial score (nSPS) is 22.1. The molecule has 0 amide bonds. The number of rotatable bonds is 7. The molecule has 1 aliphatic carbocycles. The smallest absolute Gasteiger partial charge is 0.335 e. The molecule has 0 aliphatic heterocycles. The maximum atomic E-state index is 10.8. The molecule has 116 valence electrons. The Morgan fingerprint density at radius 1 is 1.14 bits per heavy atom. The fraction of sp³-hybridized carbons (Fsp3) is 0.611. The van der Waals surface area contributed by atoms with Gasteiger partial charge < -0.3 is 10.4 Å². The highest BCUT2D eigenvalue weighted by molar-refractivity contribution is 5.87. The highest BCUT2D eigenvalue weighted by Gasteiger charge is 2.19. The van der Waals surface area contributed by atoms with E-state index in [0.717, 1.165) is 30.5 Å². The van der Waals surface area contributed by atoms with E-state index < -0.39 is 5.97 Å². The largest absolute Gasteiger partial charge is 0.478 e. The molecule has 1 aliphatic rings. The Labute approximate surface area is 127 Å². The van der Waals surface area contributed by atoms with Crippen molar-refractivity contribution in [2.45, 2.75) is 52.0 Å². The van der Waals surface area contributed by atoms with E-state index in [0.29, 0.717) is 5.56 Å². The van der Waals surface area contributed by atoms with E-state index in [1.54, 1.807) is 12.1 Å². The Hall–Kier alpha value is -1.35. The summed E-state index contributed by atoms with van der Waals surface area (Å²) in [6.45, 7) is 4.19. The molecule has 2 rings (SSSR count). The van der Waals surface area contributed by atoms with Gasteiger partial charge in [-0.2, -0.15) is 0 Å². The molecule has 0 unspecified atom stereocenters. The summed E-state index contributed by atoms with van der Waals surface area (Å²) in [4.78, 5) is 10.8. The van der Waals surface area contributed by atoms with Crippen molar-refractivity contribution in [2.24, 2.45) is 11.8 Å². The van der Waals surface area contributed by atoms with Gasteiger partial charge in [0.15, 0.2) is 0 Å². The van der Waals surface area contributed by atoms with Crippen LogP contribution in [0.5, 0.6) is 0 Å². The van der Waals surface area contributed by atoms with Gasteiger partial charge in [-0.25, -0.2) is 4.79 Å². The highest BCUT2D eigenvalue weighted by atomic mass is 16.4. The second kappa shape index (κ2) is 8.18. The van der Waals surface area contributed by atoms with E-state index in [1.807, 2.05) is 12.1 Å². The van der Waals surface area contributed by atoms with Crippen LogP contribution in [0.2, 0.25) is 0 Å². The molecule has 21 heavy (non-hydrogen) atoms. The number of hydrogen-bond acceptors (Lipinski definition) is 2. The minimum atomic E-state index is -0.863. The molecule has 0 atom stereocenters. The second-order valence-corrected chi connectivity index (χ2v) is 6.31. The molecule has 3 nitrogen and oxygen atoms in total. The summed E-state index contributed by atoms with van der Waals surface area (Å²) >= 11 is 0. The van der Waals surface area contributed by atoms with Crippen molar-refractivity contribution in [3.8, 4) is 0 Å². The second-order valence-electron chi connectivity index (χ2n) is 6.31. The molecule has 0 saturated heterocycles. The van der Waals surface area contributed by atoms with Crippen LogP contribution in [0.25, 0.3) is 0 Å². The average molecular weight is 289 g/mol. The summed E-state index contributed by atoms with van der Waals surface area (Å²) in [6.07, 6.45) is 8.22. The van der Waals surface area contributed by atoms with E-state index in [-0.39, 0.29) is 0 Å². The third-order valence-electron chi connectivity index (χ3n) is 4.63. The van der Waals surface area contributed by atoms with Gasteiger partial charge in [-0.05, 0) is 48.9 Å². The van der Waals surface area contributed by atoms with Gasteiger partial charge >= 0.3 is 5.97 Å². The molecule has 0 aromatic heterocycles. The molecule has 0 spiro atoms. The van der Waals surface area contributed by atoms with Crippen LogP contribution in [0.4, 0.5) is 0 Å². The van der Waals surface area contributed by atoms with Crippen molar-refractivity contribution in [1.29, 1.82) is 0 Å². The van der Waals surface area contributed by atoms with Crippen LogP contribution in [0.1, 0.15) is 61.4 Å². The maximum absolute atomic E-state index is 10.8. The number of carbonyl (C=O) groups is 1. The molecule has 3 heteroatoms. The zero-order chi connectivity index (χ0) is 15.1. The number of hydrogen-bond donors (Lipinski definition) is 2. The number of benzene rings is 1. The lowest BCUT2D eigenvalue weighted by atomic mass is 9.80. The zero-order valence-electron chi connectivity index (χ0n) is 13.0. The van der Waals surface area contributed by atoms with Crippen molar-refractivity contribution in [3.05, 3.63) is 35.4 Å². The monoisotopic (exact) mass is 289 g/mol. The van der Waals surface area contributed by atoms with Crippen molar-refractivity contribution in [1.82, 2.24) is 5.32 Å². The molecule has 1 fully saturated rings. The van der Waals surface area contributed by atoms with Gasteiger partial charge in [0.25, 0.3) is 0 Å². The van der Waals surface area contributed by atoms with E-state index in [1.165, 1.54) is 38.5 Å². The fourth-order valence-corrected chi connectivity index (χ4v) is 3.32. The minimum Gasteiger partial charge on any atom is -0.478 e. The predicted molar refractivity (Wildman–Crippen MR) is 85.5 cm³/mol. The molecular formula is C18H27NO2. The molecule has 1 aromatic rings. The lowest BCUT2D eigenvalue weighted by Gasteiger charge is -2.28. The Balaban J connectivity index is 1.67. The summed E-state index contributed by atoms with van der Waals surface area (Å²) in [6, 6.07) is 7.15. The Kier molecular flexibility index (Phi) is 6.24. The van der Waals surface area contributed by atoms with Gasteiger partial charge in [-0.1, -0.05) is 44.7 Å². The van der Waals surface area contributed by atoms with Crippen LogP contribution < -0.4 is 5.32 Å². The summed E-state index contributed by atoms with van der Waals surface area (Å²) in [5, 5.41) is 12.4.